The zero-order valence-corrected chi connectivity index (χ0v) is 21.4. The molecule has 1 atom stereocenters. The zero-order chi connectivity index (χ0) is 24.9. The molecule has 0 radical (unpaired) electrons. The second-order valence-corrected chi connectivity index (χ2v) is 9.55. The van der Waals surface area contributed by atoms with Crippen molar-refractivity contribution in [1.82, 2.24) is 15.6 Å². The van der Waals surface area contributed by atoms with E-state index in [0.29, 0.717) is 13.2 Å². The Morgan fingerprint density at radius 3 is 2.86 bits per heavy atom. The summed E-state index contributed by atoms with van der Waals surface area (Å²) in [6, 6.07) is 7.91. The molecule has 0 bridgehead atoms. The van der Waals surface area contributed by atoms with Gasteiger partial charge in [0.15, 0.2) is 0 Å². The van der Waals surface area contributed by atoms with Crippen LogP contribution in [0.3, 0.4) is 0 Å². The third-order valence-electron chi connectivity index (χ3n) is 5.86. The maximum atomic E-state index is 4.84. The Kier molecular flexibility index (Phi) is 10.8. The van der Waals surface area contributed by atoms with Gasteiger partial charge in [0.2, 0.25) is 0 Å². The fourth-order valence-corrected chi connectivity index (χ4v) is 4.52. The van der Waals surface area contributed by atoms with Crippen molar-refractivity contribution in [3.8, 4) is 0 Å². The lowest BCUT2D eigenvalue weighted by Crippen LogP contribution is -2.25. The summed E-state index contributed by atoms with van der Waals surface area (Å²) < 4.78 is 0. The third-order valence-corrected chi connectivity index (χ3v) is 6.77. The first-order valence-corrected chi connectivity index (χ1v) is 13.0. The Bertz CT molecular complexity index is 1060. The first kappa shape index (κ1) is 26.4. The molecule has 0 aliphatic heterocycles. The number of thiophene rings is 1. The first-order chi connectivity index (χ1) is 17.1. The Morgan fingerprint density at radius 1 is 1.29 bits per heavy atom. The minimum atomic E-state index is 0.0704. The van der Waals surface area contributed by atoms with E-state index in [1.165, 1.54) is 25.7 Å². The van der Waals surface area contributed by atoms with Gasteiger partial charge >= 0.3 is 0 Å². The number of unbranched alkanes of at least 4 members (excludes halogenated alkanes) is 1. The summed E-state index contributed by atoms with van der Waals surface area (Å²) in [7, 11) is 0. The van der Waals surface area contributed by atoms with Gasteiger partial charge in [0, 0.05) is 25.0 Å². The van der Waals surface area contributed by atoms with Crippen molar-refractivity contribution in [3.05, 3.63) is 82.6 Å². The standard InChI is InChI=1S/C28H36N6S/c1-21(25-12-8-9-16-31-25)33-20-34-27(28-26(30-4)15-17-35-28)22(2)32-19-24(18-29-3)11-7-5-6-10-23-13-14-23/h7-9,11-12,15-18,21,23,32-33H,2-6,10,13-14,19-20H2,1H3/b11-7-,24-18+,34-27?. The van der Waals surface area contributed by atoms with Crippen LogP contribution in [0.4, 0.5) is 5.69 Å². The highest BCUT2D eigenvalue weighted by Gasteiger charge is 2.19. The molecule has 6 nitrogen and oxygen atoms in total. The largest absolute Gasteiger partial charge is 0.380 e. The van der Waals surface area contributed by atoms with Crippen LogP contribution in [0.2, 0.25) is 0 Å². The van der Waals surface area contributed by atoms with Crippen molar-refractivity contribution >= 4 is 36.2 Å². The van der Waals surface area contributed by atoms with Gasteiger partial charge < -0.3 is 5.32 Å². The average molecular weight is 489 g/mol. The van der Waals surface area contributed by atoms with E-state index in [9.17, 15) is 0 Å². The number of pyridine rings is 1. The molecule has 184 valence electrons. The minimum absolute atomic E-state index is 0.0704. The number of allylic oxidation sites excluding steroid dienone is 2. The van der Waals surface area contributed by atoms with E-state index in [1.807, 2.05) is 29.6 Å². The van der Waals surface area contributed by atoms with Gasteiger partial charge in [-0.3, -0.25) is 25.3 Å². The fraction of sp³-hybridized carbons (Fsp3) is 0.357. The maximum Gasteiger partial charge on any atom is 0.101 e. The number of aliphatic imine (C=N–C) groups is 3. The molecule has 3 rings (SSSR count). The third kappa shape index (κ3) is 8.85. The van der Waals surface area contributed by atoms with Crippen molar-refractivity contribution in [1.29, 1.82) is 0 Å². The van der Waals surface area contributed by atoms with Crippen molar-refractivity contribution in [2.75, 3.05) is 13.2 Å². The van der Waals surface area contributed by atoms with Crippen molar-refractivity contribution in [3.63, 3.8) is 0 Å². The highest BCUT2D eigenvalue weighted by Crippen LogP contribution is 2.33. The van der Waals surface area contributed by atoms with Crippen molar-refractivity contribution in [2.24, 2.45) is 20.9 Å². The Balaban J connectivity index is 1.63. The van der Waals surface area contributed by atoms with E-state index in [4.69, 9.17) is 4.99 Å². The molecule has 0 amide bonds. The monoisotopic (exact) mass is 488 g/mol. The van der Waals surface area contributed by atoms with E-state index >= 15 is 0 Å². The number of hydrogen-bond acceptors (Lipinski definition) is 7. The summed E-state index contributed by atoms with van der Waals surface area (Å²) in [5.74, 6) is 0.976. The number of aromatic nitrogens is 1. The number of nitrogens with one attached hydrogen (secondary N) is 2. The summed E-state index contributed by atoms with van der Waals surface area (Å²) in [6.45, 7) is 14.7. The average Bonchev–Trinajstić information content (AvgIpc) is 3.59. The van der Waals surface area contributed by atoms with Gasteiger partial charge in [0.25, 0.3) is 0 Å². The number of rotatable bonds is 16. The number of hydrogen-bond donors (Lipinski definition) is 2. The van der Waals surface area contributed by atoms with Crippen molar-refractivity contribution < 1.29 is 0 Å². The predicted molar refractivity (Wildman–Crippen MR) is 151 cm³/mol. The molecular formula is C28H36N6S. The lowest BCUT2D eigenvalue weighted by molar-refractivity contribution is 0.575. The van der Waals surface area contributed by atoms with Gasteiger partial charge in [-0.2, -0.15) is 0 Å². The Hall–Kier alpha value is -3.16. The Morgan fingerprint density at radius 2 is 2.14 bits per heavy atom. The van der Waals surface area contributed by atoms with Gasteiger partial charge in [-0.05, 0) is 68.3 Å². The quantitative estimate of drug-likeness (QED) is 0.163. The van der Waals surface area contributed by atoms with Crippen LogP contribution < -0.4 is 10.6 Å². The van der Waals surface area contributed by atoms with Gasteiger partial charge in [-0.15, -0.1) is 11.3 Å². The summed E-state index contributed by atoms with van der Waals surface area (Å²) >= 11 is 1.57. The van der Waals surface area contributed by atoms with Gasteiger partial charge in [-0.1, -0.05) is 44.1 Å². The van der Waals surface area contributed by atoms with E-state index in [-0.39, 0.29) is 6.04 Å². The molecule has 1 aliphatic carbocycles. The molecule has 0 spiro atoms. The van der Waals surface area contributed by atoms with Gasteiger partial charge in [0.05, 0.1) is 28.6 Å². The summed E-state index contributed by atoms with van der Waals surface area (Å²) in [6.07, 6.45) is 14.4. The van der Waals surface area contributed by atoms with Crippen LogP contribution in [0.1, 0.15) is 55.6 Å². The highest BCUT2D eigenvalue weighted by molar-refractivity contribution is 7.13. The maximum absolute atomic E-state index is 4.84. The lowest BCUT2D eigenvalue weighted by atomic mass is 10.1. The predicted octanol–water partition coefficient (Wildman–Crippen LogP) is 6.40. The van der Waals surface area contributed by atoms with Crippen LogP contribution in [0.25, 0.3) is 0 Å². The van der Waals surface area contributed by atoms with Crippen LogP contribution >= 0.6 is 11.3 Å². The van der Waals surface area contributed by atoms with E-state index in [2.05, 4.69) is 64.7 Å². The molecule has 2 heterocycles. The van der Waals surface area contributed by atoms with E-state index in [0.717, 1.165) is 45.6 Å². The number of nitrogens with zero attached hydrogens (tertiary/aromatic N) is 4. The summed E-state index contributed by atoms with van der Waals surface area (Å²) in [4.78, 5) is 18.3. The van der Waals surface area contributed by atoms with E-state index in [1.54, 1.807) is 23.7 Å². The SMILES string of the molecule is C=N/C=C(\C=C/CCCC1CC1)CNC(=C)C(=NCNC(C)c1ccccn1)c1sccc1N=C. The van der Waals surface area contributed by atoms with E-state index < -0.39 is 0 Å². The summed E-state index contributed by atoms with van der Waals surface area (Å²) in [5, 5.41) is 8.82. The van der Waals surface area contributed by atoms with Gasteiger partial charge in [0.1, 0.15) is 5.71 Å². The summed E-state index contributed by atoms with van der Waals surface area (Å²) in [5.41, 5.74) is 4.31. The molecule has 1 aliphatic rings. The van der Waals surface area contributed by atoms with Gasteiger partial charge in [-0.25, -0.2) is 0 Å². The van der Waals surface area contributed by atoms with Crippen LogP contribution in [-0.4, -0.2) is 37.3 Å². The van der Waals surface area contributed by atoms with Crippen LogP contribution in [0.15, 0.2) is 87.0 Å². The zero-order valence-electron chi connectivity index (χ0n) is 20.6. The molecular weight excluding hydrogens is 452 g/mol. The van der Waals surface area contributed by atoms with Crippen molar-refractivity contribution in [2.45, 2.75) is 45.1 Å². The highest BCUT2D eigenvalue weighted by atomic mass is 32.1. The second kappa shape index (κ2) is 14.3. The van der Waals surface area contributed by atoms with Crippen LogP contribution in [-0.2, 0) is 0 Å². The smallest absolute Gasteiger partial charge is 0.101 e. The molecule has 1 unspecified atom stereocenters. The normalized spacial score (nSPS) is 15.2. The molecule has 2 N–H and O–H groups in total. The fourth-order valence-electron chi connectivity index (χ4n) is 3.63. The molecule has 7 heteroatoms. The first-order valence-electron chi connectivity index (χ1n) is 12.1. The van der Waals surface area contributed by atoms with Crippen LogP contribution in [0, 0.1) is 5.92 Å². The molecule has 0 aromatic carbocycles. The molecule has 0 saturated heterocycles. The molecule has 1 saturated carbocycles. The second-order valence-electron chi connectivity index (χ2n) is 8.63. The molecule has 35 heavy (non-hydrogen) atoms. The molecule has 2 aromatic rings. The lowest BCUT2D eigenvalue weighted by Gasteiger charge is -2.15. The van der Waals surface area contributed by atoms with Crippen LogP contribution in [0.5, 0.6) is 0 Å². The topological polar surface area (TPSA) is 74.0 Å². The molecule has 1 fully saturated rings. The Labute approximate surface area is 213 Å². The minimum Gasteiger partial charge on any atom is -0.380 e. The molecule has 2 aromatic heterocycles.